The van der Waals surface area contributed by atoms with Crippen LogP contribution < -0.4 is 9.47 Å². The van der Waals surface area contributed by atoms with Gasteiger partial charge in [0.1, 0.15) is 16.5 Å². The Morgan fingerprint density at radius 2 is 1.54 bits per heavy atom. The monoisotopic (exact) mass is 395 g/mol. The van der Waals surface area contributed by atoms with E-state index in [1.807, 2.05) is 48.5 Å². The van der Waals surface area contributed by atoms with Crippen LogP contribution in [-0.2, 0) is 9.53 Å². The zero-order valence-electron chi connectivity index (χ0n) is 16.0. The number of thiazole rings is 1. The fraction of sp³-hybridized carbons (Fsp3) is 0.182. The van der Waals surface area contributed by atoms with Crippen molar-refractivity contribution in [2.24, 2.45) is 0 Å². The number of carbonyl (C=O) groups excluding carboxylic acids is 1. The van der Waals surface area contributed by atoms with Crippen molar-refractivity contribution in [1.82, 2.24) is 4.98 Å². The normalized spacial score (nSPS) is 10.8. The Bertz CT molecular complexity index is 894. The van der Waals surface area contributed by atoms with Crippen LogP contribution in [0.1, 0.15) is 11.9 Å². The molecule has 144 valence electrons. The predicted molar refractivity (Wildman–Crippen MR) is 112 cm³/mol. The number of aromatic nitrogens is 1. The number of nitrogens with zero attached hydrogens (tertiary/aromatic N) is 1. The Balaban J connectivity index is 2.02. The van der Waals surface area contributed by atoms with Gasteiger partial charge in [-0.1, -0.05) is 0 Å². The van der Waals surface area contributed by atoms with Gasteiger partial charge in [0.15, 0.2) is 0 Å². The minimum Gasteiger partial charge on any atom is -0.497 e. The summed E-state index contributed by atoms with van der Waals surface area (Å²) >= 11 is 1.51. The van der Waals surface area contributed by atoms with Gasteiger partial charge in [0, 0.05) is 11.6 Å². The standard InChI is InChI=1S/C22H21NO4S/c1-4-27-20(24)14-13-19-23-21(15-5-9-17(25-2)10-6-15)22(28-19)16-7-11-18(26-3)12-8-16/h5-14H,4H2,1-3H3/b14-13+. The van der Waals surface area contributed by atoms with Gasteiger partial charge in [0.05, 0.1) is 31.4 Å². The lowest BCUT2D eigenvalue weighted by molar-refractivity contribution is -0.137. The molecule has 2 aromatic carbocycles. The zero-order valence-corrected chi connectivity index (χ0v) is 16.8. The van der Waals surface area contributed by atoms with Crippen LogP contribution in [0.25, 0.3) is 27.8 Å². The summed E-state index contributed by atoms with van der Waals surface area (Å²) in [5.74, 6) is 1.20. The third-order valence-corrected chi connectivity index (χ3v) is 5.08. The molecule has 0 amide bonds. The summed E-state index contributed by atoms with van der Waals surface area (Å²) in [7, 11) is 3.28. The van der Waals surface area contributed by atoms with Gasteiger partial charge < -0.3 is 14.2 Å². The highest BCUT2D eigenvalue weighted by Gasteiger charge is 2.14. The number of hydrogen-bond acceptors (Lipinski definition) is 6. The molecule has 0 saturated heterocycles. The quantitative estimate of drug-likeness (QED) is 0.413. The van der Waals surface area contributed by atoms with Crippen LogP contribution in [0.5, 0.6) is 11.5 Å². The Morgan fingerprint density at radius 1 is 0.964 bits per heavy atom. The summed E-state index contributed by atoms with van der Waals surface area (Å²) in [6.07, 6.45) is 3.08. The van der Waals surface area contributed by atoms with E-state index in [2.05, 4.69) is 0 Å². The first-order valence-electron chi connectivity index (χ1n) is 8.79. The first-order chi connectivity index (χ1) is 13.6. The highest BCUT2D eigenvalue weighted by Crippen LogP contribution is 2.38. The van der Waals surface area contributed by atoms with Crippen molar-refractivity contribution >= 4 is 23.4 Å². The summed E-state index contributed by atoms with van der Waals surface area (Å²) in [4.78, 5) is 17.4. The van der Waals surface area contributed by atoms with Crippen molar-refractivity contribution in [3.05, 3.63) is 59.6 Å². The lowest BCUT2D eigenvalue weighted by Gasteiger charge is -2.05. The Labute approximate surface area is 168 Å². The van der Waals surface area contributed by atoms with E-state index in [4.69, 9.17) is 19.2 Å². The number of carbonyl (C=O) groups is 1. The molecule has 5 nitrogen and oxygen atoms in total. The summed E-state index contributed by atoms with van der Waals surface area (Å²) in [5.41, 5.74) is 2.85. The van der Waals surface area contributed by atoms with Crippen LogP contribution in [0, 0.1) is 0 Å². The molecule has 0 atom stereocenters. The van der Waals surface area contributed by atoms with Crippen LogP contribution in [0.2, 0.25) is 0 Å². The largest absolute Gasteiger partial charge is 0.497 e. The molecular weight excluding hydrogens is 374 g/mol. The number of esters is 1. The van der Waals surface area contributed by atoms with E-state index in [1.54, 1.807) is 27.2 Å². The van der Waals surface area contributed by atoms with Crippen LogP contribution in [0.4, 0.5) is 0 Å². The smallest absolute Gasteiger partial charge is 0.330 e. The minimum atomic E-state index is -0.380. The molecule has 0 aliphatic rings. The Morgan fingerprint density at radius 3 is 2.07 bits per heavy atom. The van der Waals surface area contributed by atoms with Gasteiger partial charge in [-0.05, 0) is 67.1 Å². The van der Waals surface area contributed by atoms with Crippen LogP contribution in [-0.4, -0.2) is 31.8 Å². The SMILES string of the molecule is CCOC(=O)/C=C/c1nc(-c2ccc(OC)cc2)c(-c2ccc(OC)cc2)s1. The fourth-order valence-electron chi connectivity index (χ4n) is 2.62. The molecule has 6 heteroatoms. The first-order valence-corrected chi connectivity index (χ1v) is 9.60. The van der Waals surface area contributed by atoms with Crippen molar-refractivity contribution in [1.29, 1.82) is 0 Å². The zero-order chi connectivity index (χ0) is 19.9. The lowest BCUT2D eigenvalue weighted by Crippen LogP contribution is -1.98. The van der Waals surface area contributed by atoms with Crippen LogP contribution >= 0.6 is 11.3 Å². The number of methoxy groups -OCH3 is 2. The van der Waals surface area contributed by atoms with Gasteiger partial charge in [0.2, 0.25) is 0 Å². The summed E-state index contributed by atoms with van der Waals surface area (Å²) in [6.45, 7) is 2.12. The average molecular weight is 395 g/mol. The Hall–Kier alpha value is -3.12. The van der Waals surface area contributed by atoms with Gasteiger partial charge in [-0.2, -0.15) is 0 Å². The second-order valence-electron chi connectivity index (χ2n) is 5.77. The molecule has 28 heavy (non-hydrogen) atoms. The highest BCUT2D eigenvalue weighted by atomic mass is 32.1. The van der Waals surface area contributed by atoms with Gasteiger partial charge in [-0.15, -0.1) is 11.3 Å². The van der Waals surface area contributed by atoms with E-state index in [1.165, 1.54) is 17.4 Å². The van der Waals surface area contributed by atoms with Gasteiger partial charge in [-0.25, -0.2) is 9.78 Å². The van der Waals surface area contributed by atoms with Gasteiger partial charge in [-0.3, -0.25) is 0 Å². The van der Waals surface area contributed by atoms with Gasteiger partial charge >= 0.3 is 5.97 Å². The molecule has 1 heterocycles. The molecule has 0 fully saturated rings. The van der Waals surface area contributed by atoms with E-state index >= 15 is 0 Å². The number of ether oxygens (including phenoxy) is 3. The highest BCUT2D eigenvalue weighted by molar-refractivity contribution is 7.16. The molecule has 0 radical (unpaired) electrons. The second-order valence-corrected chi connectivity index (χ2v) is 6.80. The molecule has 0 aliphatic heterocycles. The molecule has 0 aliphatic carbocycles. The molecule has 0 bridgehead atoms. The summed E-state index contributed by atoms with van der Waals surface area (Å²) < 4.78 is 15.4. The third kappa shape index (κ3) is 4.58. The van der Waals surface area contributed by atoms with E-state index in [0.29, 0.717) is 6.61 Å². The maximum absolute atomic E-state index is 11.6. The molecule has 0 saturated carbocycles. The van der Waals surface area contributed by atoms with E-state index < -0.39 is 0 Å². The molecule has 3 aromatic rings. The lowest BCUT2D eigenvalue weighted by atomic mass is 10.1. The topological polar surface area (TPSA) is 57.7 Å². The molecule has 3 rings (SSSR count). The van der Waals surface area contributed by atoms with Crippen LogP contribution in [0.15, 0.2) is 54.6 Å². The first kappa shape index (κ1) is 19.6. The van der Waals surface area contributed by atoms with Crippen LogP contribution in [0.3, 0.4) is 0 Å². The van der Waals surface area contributed by atoms with Crippen molar-refractivity contribution in [2.75, 3.05) is 20.8 Å². The second kappa shape index (κ2) is 9.19. The van der Waals surface area contributed by atoms with Gasteiger partial charge in [0.25, 0.3) is 0 Å². The van der Waals surface area contributed by atoms with Crippen molar-refractivity contribution < 1.29 is 19.0 Å². The molecule has 0 spiro atoms. The third-order valence-electron chi connectivity index (χ3n) is 4.01. The maximum Gasteiger partial charge on any atom is 0.330 e. The summed E-state index contributed by atoms with van der Waals surface area (Å²) in [5, 5.41) is 0.727. The maximum atomic E-state index is 11.6. The molecule has 1 aromatic heterocycles. The van der Waals surface area contributed by atoms with Crippen molar-refractivity contribution in [3.8, 4) is 33.2 Å². The van der Waals surface area contributed by atoms with E-state index in [9.17, 15) is 4.79 Å². The number of rotatable bonds is 7. The van der Waals surface area contributed by atoms with E-state index in [0.717, 1.165) is 38.2 Å². The molecular formula is C22H21NO4S. The fourth-order valence-corrected chi connectivity index (χ4v) is 3.62. The molecule has 0 unspecified atom stereocenters. The summed E-state index contributed by atoms with van der Waals surface area (Å²) in [6, 6.07) is 15.6. The number of hydrogen-bond donors (Lipinski definition) is 0. The predicted octanol–water partition coefficient (Wildman–Crippen LogP) is 5.07. The average Bonchev–Trinajstić information content (AvgIpc) is 3.17. The Kier molecular flexibility index (Phi) is 6.45. The molecule has 0 N–H and O–H groups in total. The minimum absolute atomic E-state index is 0.342. The van der Waals surface area contributed by atoms with Crippen molar-refractivity contribution in [2.45, 2.75) is 6.92 Å². The van der Waals surface area contributed by atoms with E-state index in [-0.39, 0.29) is 5.97 Å². The van der Waals surface area contributed by atoms with Crippen molar-refractivity contribution in [3.63, 3.8) is 0 Å². The number of benzene rings is 2.